The highest BCUT2D eigenvalue weighted by Gasteiger charge is 2.03. The lowest BCUT2D eigenvalue weighted by atomic mass is 10.2. The molecular formula is C20H28IN5S. The Morgan fingerprint density at radius 2 is 2.00 bits per heavy atom. The first-order chi connectivity index (χ1) is 12.8. The summed E-state index contributed by atoms with van der Waals surface area (Å²) in [7, 11) is 1.81. The lowest BCUT2D eigenvalue weighted by Gasteiger charge is -2.12. The van der Waals surface area contributed by atoms with Gasteiger partial charge in [-0.05, 0) is 30.4 Å². The van der Waals surface area contributed by atoms with Crippen LogP contribution in [0.25, 0.3) is 10.9 Å². The Balaban J connectivity index is 0.00000261. The molecule has 0 fully saturated rings. The molecule has 0 atom stereocenters. The number of rotatable bonds is 8. The molecule has 0 aliphatic carbocycles. The van der Waals surface area contributed by atoms with E-state index in [0.29, 0.717) is 0 Å². The number of hydrogen-bond donors (Lipinski definition) is 2. The molecule has 0 radical (unpaired) electrons. The lowest BCUT2D eigenvalue weighted by Crippen LogP contribution is -2.38. The fraction of sp³-hybridized carbons (Fsp3) is 0.400. The molecule has 0 amide bonds. The maximum absolute atomic E-state index is 4.45. The molecule has 0 bridgehead atoms. The van der Waals surface area contributed by atoms with Gasteiger partial charge in [-0.3, -0.25) is 4.99 Å². The molecule has 3 rings (SSSR count). The zero-order chi connectivity index (χ0) is 18.2. The van der Waals surface area contributed by atoms with Crippen LogP contribution >= 0.6 is 35.3 Å². The Hall–Kier alpha value is -1.61. The first-order valence-corrected chi connectivity index (χ1v) is 10.0. The summed E-state index contributed by atoms with van der Waals surface area (Å²) in [5.41, 5.74) is 1.30. The Kier molecular flexibility index (Phi) is 9.06. The number of aromatic nitrogens is 2. The molecule has 0 spiro atoms. The topological polar surface area (TPSA) is 54.2 Å². The third kappa shape index (κ3) is 6.21. The van der Waals surface area contributed by atoms with Gasteiger partial charge in [-0.25, -0.2) is 4.98 Å². The van der Waals surface area contributed by atoms with E-state index in [0.717, 1.165) is 44.9 Å². The van der Waals surface area contributed by atoms with Gasteiger partial charge in [0, 0.05) is 55.9 Å². The Morgan fingerprint density at radius 3 is 2.78 bits per heavy atom. The summed E-state index contributed by atoms with van der Waals surface area (Å²) in [4.78, 5) is 10.1. The Morgan fingerprint density at radius 1 is 1.19 bits per heavy atom. The van der Waals surface area contributed by atoms with Crippen molar-refractivity contribution in [3.05, 3.63) is 52.6 Å². The zero-order valence-electron chi connectivity index (χ0n) is 15.9. The first kappa shape index (κ1) is 21.7. The van der Waals surface area contributed by atoms with Crippen LogP contribution in [0.5, 0.6) is 0 Å². The average Bonchev–Trinajstić information content (AvgIpc) is 3.30. The molecule has 2 N–H and O–H groups in total. The summed E-state index contributed by atoms with van der Waals surface area (Å²) >= 11 is 1.80. The van der Waals surface area contributed by atoms with E-state index in [9.17, 15) is 0 Å². The first-order valence-electron chi connectivity index (χ1n) is 9.22. The molecule has 1 aromatic carbocycles. The van der Waals surface area contributed by atoms with Crippen LogP contribution in [0.3, 0.4) is 0 Å². The molecule has 0 unspecified atom stereocenters. The Bertz CT molecular complexity index is 855. The average molecular weight is 497 g/mol. The molecule has 0 aliphatic rings. The number of aryl methyl sites for hydroxylation is 2. The number of fused-ring (bicyclic) bond motifs is 1. The number of thiazole rings is 1. The molecule has 0 aliphatic heterocycles. The quantitative estimate of drug-likeness (QED) is 0.214. The van der Waals surface area contributed by atoms with Crippen molar-refractivity contribution >= 4 is 52.2 Å². The predicted molar refractivity (Wildman–Crippen MR) is 127 cm³/mol. The van der Waals surface area contributed by atoms with Crippen LogP contribution in [0.4, 0.5) is 0 Å². The molecule has 3 aromatic rings. The van der Waals surface area contributed by atoms with Gasteiger partial charge in [0.1, 0.15) is 0 Å². The van der Waals surface area contributed by atoms with E-state index in [1.165, 1.54) is 20.8 Å². The van der Waals surface area contributed by atoms with Gasteiger partial charge in [-0.1, -0.05) is 25.1 Å². The van der Waals surface area contributed by atoms with Gasteiger partial charge in [0.05, 0.1) is 5.01 Å². The van der Waals surface area contributed by atoms with Crippen molar-refractivity contribution in [2.45, 2.75) is 32.7 Å². The maximum Gasteiger partial charge on any atom is 0.190 e. The van der Waals surface area contributed by atoms with E-state index in [1.807, 2.05) is 13.2 Å². The van der Waals surface area contributed by atoms with Crippen LogP contribution in [0, 0.1) is 0 Å². The van der Waals surface area contributed by atoms with E-state index in [4.69, 9.17) is 0 Å². The van der Waals surface area contributed by atoms with E-state index in [1.54, 1.807) is 11.3 Å². The number of aliphatic imine (C=N–C) groups is 1. The van der Waals surface area contributed by atoms with Gasteiger partial charge in [0.2, 0.25) is 0 Å². The second-order valence-corrected chi connectivity index (χ2v) is 7.37. The largest absolute Gasteiger partial charge is 0.356 e. The van der Waals surface area contributed by atoms with Crippen molar-refractivity contribution < 1.29 is 0 Å². The number of halogens is 1. The van der Waals surface area contributed by atoms with Crippen molar-refractivity contribution in [3.8, 4) is 0 Å². The molecule has 0 saturated carbocycles. The fourth-order valence-corrected chi connectivity index (χ4v) is 3.79. The van der Waals surface area contributed by atoms with Crippen LogP contribution in [0.1, 0.15) is 23.2 Å². The van der Waals surface area contributed by atoms with Crippen molar-refractivity contribution in [2.24, 2.45) is 4.99 Å². The van der Waals surface area contributed by atoms with Gasteiger partial charge in [0.25, 0.3) is 0 Å². The maximum atomic E-state index is 4.45. The standard InChI is InChI=1S/C20H27N5S.HI/c1-3-17-15-24-19(26-17)9-12-23-20(21-2)22-11-6-13-25-14-10-16-7-4-5-8-18(16)25;/h4-5,7-8,10,14-15H,3,6,9,11-13H2,1-2H3,(H2,21,22,23);1H. The molecule has 146 valence electrons. The van der Waals surface area contributed by atoms with E-state index in [2.05, 4.69) is 68.6 Å². The third-order valence-corrected chi connectivity index (χ3v) is 5.55. The number of benzene rings is 1. The van der Waals surface area contributed by atoms with Gasteiger partial charge in [-0.2, -0.15) is 0 Å². The van der Waals surface area contributed by atoms with Gasteiger partial charge < -0.3 is 15.2 Å². The second kappa shape index (κ2) is 11.3. The van der Waals surface area contributed by atoms with E-state index < -0.39 is 0 Å². The summed E-state index contributed by atoms with van der Waals surface area (Å²) < 4.78 is 2.31. The van der Waals surface area contributed by atoms with E-state index in [-0.39, 0.29) is 24.0 Å². The number of hydrogen-bond acceptors (Lipinski definition) is 3. The van der Waals surface area contributed by atoms with E-state index >= 15 is 0 Å². The minimum atomic E-state index is 0. The predicted octanol–water partition coefficient (Wildman–Crippen LogP) is 4.08. The van der Waals surface area contributed by atoms with Gasteiger partial charge >= 0.3 is 0 Å². The van der Waals surface area contributed by atoms with Gasteiger partial charge in [0.15, 0.2) is 5.96 Å². The molecule has 0 saturated heterocycles. The SMILES string of the molecule is CCc1cnc(CCNC(=NC)NCCCn2ccc3ccccc32)s1.I. The minimum absolute atomic E-state index is 0. The van der Waals surface area contributed by atoms with Crippen molar-refractivity contribution in [3.63, 3.8) is 0 Å². The Labute approximate surface area is 182 Å². The lowest BCUT2D eigenvalue weighted by molar-refractivity contribution is 0.640. The summed E-state index contributed by atoms with van der Waals surface area (Å²) in [6, 6.07) is 10.7. The monoisotopic (exact) mass is 497 g/mol. The molecule has 5 nitrogen and oxygen atoms in total. The number of para-hydroxylation sites is 1. The number of guanidine groups is 1. The van der Waals surface area contributed by atoms with Crippen LogP contribution in [0.2, 0.25) is 0 Å². The van der Waals surface area contributed by atoms with Crippen molar-refractivity contribution in [2.75, 3.05) is 20.1 Å². The van der Waals surface area contributed by atoms with Gasteiger partial charge in [-0.15, -0.1) is 35.3 Å². The molecule has 2 aromatic heterocycles. The third-order valence-electron chi connectivity index (χ3n) is 4.35. The minimum Gasteiger partial charge on any atom is -0.356 e. The fourth-order valence-electron chi connectivity index (χ4n) is 2.93. The molecule has 7 heteroatoms. The zero-order valence-corrected chi connectivity index (χ0v) is 19.1. The normalized spacial score (nSPS) is 11.4. The highest BCUT2D eigenvalue weighted by molar-refractivity contribution is 14.0. The van der Waals surface area contributed by atoms with Crippen molar-refractivity contribution in [1.29, 1.82) is 0 Å². The molecule has 2 heterocycles. The highest BCUT2D eigenvalue weighted by Crippen LogP contribution is 2.15. The summed E-state index contributed by atoms with van der Waals surface area (Å²) in [5, 5.41) is 9.24. The van der Waals surface area contributed by atoms with Crippen LogP contribution in [-0.4, -0.2) is 35.6 Å². The van der Waals surface area contributed by atoms with Crippen LogP contribution in [0.15, 0.2) is 47.7 Å². The number of nitrogens with zero attached hydrogens (tertiary/aromatic N) is 3. The molecule has 27 heavy (non-hydrogen) atoms. The van der Waals surface area contributed by atoms with Crippen LogP contribution in [-0.2, 0) is 19.4 Å². The van der Waals surface area contributed by atoms with Crippen LogP contribution < -0.4 is 10.6 Å². The highest BCUT2D eigenvalue weighted by atomic mass is 127. The number of nitrogens with one attached hydrogen (secondary N) is 2. The molecular weight excluding hydrogens is 469 g/mol. The smallest absolute Gasteiger partial charge is 0.190 e. The second-order valence-electron chi connectivity index (χ2n) is 6.17. The summed E-state index contributed by atoms with van der Waals surface area (Å²) in [5.74, 6) is 0.856. The summed E-state index contributed by atoms with van der Waals surface area (Å²) in [6.45, 7) is 4.90. The summed E-state index contributed by atoms with van der Waals surface area (Å²) in [6.07, 6.45) is 7.19. The van der Waals surface area contributed by atoms with Crippen molar-refractivity contribution in [1.82, 2.24) is 20.2 Å².